The number of nitrogens with zero attached hydrogens (tertiary/aromatic N) is 4. The number of benzene rings is 2. The first kappa shape index (κ1) is 45.4. The molecule has 59 heavy (non-hydrogen) atoms. The minimum Gasteiger partial charge on any atom is -0.490 e. The number of nitrogen functional groups attached to an aromatic ring is 1. The zero-order valence-electron chi connectivity index (χ0n) is 31.6. The van der Waals surface area contributed by atoms with Gasteiger partial charge in [-0.2, -0.15) is 10.5 Å². The number of rotatable bonds is 19. The van der Waals surface area contributed by atoms with Crippen LogP contribution in [0.15, 0.2) is 64.2 Å². The van der Waals surface area contributed by atoms with Gasteiger partial charge in [0.1, 0.15) is 77.9 Å². The van der Waals surface area contributed by atoms with E-state index in [4.69, 9.17) is 57.6 Å². The SMILES string of the molecule is CC(NC(=O)[C@@H](N)CO)C(=O)OC[C@H](COc1ccc(-c2c(C#N)c(N)nc(SCc3coc(-c4ccc(Cl)cc4)n3)c2C#N)cc1)OC(=O)C(C)NC(=O)[C@@H](N)CO. The number of nitrogens with one attached hydrogen (secondary N) is 2. The van der Waals surface area contributed by atoms with E-state index in [1.54, 1.807) is 36.4 Å². The molecule has 5 atom stereocenters. The molecule has 0 bridgehead atoms. The second-order valence-electron chi connectivity index (χ2n) is 12.7. The molecule has 0 aliphatic heterocycles. The van der Waals surface area contributed by atoms with E-state index in [9.17, 15) is 29.7 Å². The van der Waals surface area contributed by atoms with Gasteiger partial charge in [-0.25, -0.2) is 19.6 Å². The fourth-order valence-electron chi connectivity index (χ4n) is 4.95. The molecule has 4 aromatic rings. The van der Waals surface area contributed by atoms with Crippen molar-refractivity contribution in [3.63, 3.8) is 0 Å². The van der Waals surface area contributed by atoms with Crippen molar-refractivity contribution in [1.82, 2.24) is 20.6 Å². The van der Waals surface area contributed by atoms with Crippen LogP contribution < -0.4 is 32.6 Å². The lowest BCUT2D eigenvalue weighted by Gasteiger charge is -2.23. The number of halogens is 1. The van der Waals surface area contributed by atoms with E-state index in [-0.39, 0.29) is 45.6 Å². The molecular formula is C38H40ClN9O10S. The highest BCUT2D eigenvalue weighted by molar-refractivity contribution is 7.98. The van der Waals surface area contributed by atoms with Crippen LogP contribution in [0, 0.1) is 22.7 Å². The average Bonchev–Trinajstić information content (AvgIpc) is 3.72. The van der Waals surface area contributed by atoms with Crippen molar-refractivity contribution >= 4 is 52.9 Å². The Balaban J connectivity index is 1.50. The third-order valence-corrected chi connectivity index (χ3v) is 9.44. The number of pyridine rings is 1. The largest absolute Gasteiger partial charge is 0.490 e. The summed E-state index contributed by atoms with van der Waals surface area (Å²) in [6, 6.07) is 12.3. The number of thioether (sulfide) groups is 1. The zero-order chi connectivity index (χ0) is 43.2. The number of anilines is 1. The number of nitrogens with two attached hydrogens (primary N) is 3. The summed E-state index contributed by atoms with van der Waals surface area (Å²) < 4.78 is 22.2. The zero-order valence-corrected chi connectivity index (χ0v) is 33.2. The number of carbonyl (C=O) groups is 4. The fourth-order valence-corrected chi connectivity index (χ4v) is 5.94. The summed E-state index contributed by atoms with van der Waals surface area (Å²) in [5, 5.41) is 43.9. The number of aromatic nitrogens is 2. The molecule has 2 aromatic carbocycles. The van der Waals surface area contributed by atoms with Crippen molar-refractivity contribution < 1.29 is 48.0 Å². The quantitative estimate of drug-likeness (QED) is 0.0514. The van der Waals surface area contributed by atoms with Crippen LogP contribution in [-0.4, -0.2) is 101 Å². The van der Waals surface area contributed by atoms with Gasteiger partial charge in [0, 0.05) is 21.9 Å². The number of oxazole rings is 1. The number of hydrogen-bond acceptors (Lipinski definition) is 18. The van der Waals surface area contributed by atoms with Gasteiger partial charge in [-0.3, -0.25) is 9.59 Å². The molecule has 0 spiro atoms. The summed E-state index contributed by atoms with van der Waals surface area (Å²) in [7, 11) is 0. The molecule has 0 radical (unpaired) electrons. The minimum atomic E-state index is -1.29. The van der Waals surface area contributed by atoms with Gasteiger partial charge >= 0.3 is 11.9 Å². The highest BCUT2D eigenvalue weighted by atomic mass is 35.5. The van der Waals surface area contributed by atoms with Gasteiger partial charge in [-0.05, 0) is 55.8 Å². The lowest BCUT2D eigenvalue weighted by Crippen LogP contribution is -2.50. The molecule has 0 saturated carbocycles. The second-order valence-corrected chi connectivity index (χ2v) is 14.1. The second kappa shape index (κ2) is 21.5. The van der Waals surface area contributed by atoms with Crippen LogP contribution in [0.4, 0.5) is 5.82 Å². The fraction of sp³-hybridized carbons (Fsp3) is 0.316. The molecule has 2 unspecified atom stereocenters. The Morgan fingerprint density at radius 1 is 0.864 bits per heavy atom. The first-order chi connectivity index (χ1) is 28.2. The molecule has 0 aliphatic carbocycles. The van der Waals surface area contributed by atoms with Crippen molar-refractivity contribution in [2.45, 2.75) is 54.9 Å². The highest BCUT2D eigenvalue weighted by Crippen LogP contribution is 2.37. The van der Waals surface area contributed by atoms with Crippen molar-refractivity contribution in [2.24, 2.45) is 11.5 Å². The molecular weight excluding hydrogens is 810 g/mol. The third kappa shape index (κ3) is 12.4. The van der Waals surface area contributed by atoms with Crippen molar-refractivity contribution in [2.75, 3.05) is 32.2 Å². The van der Waals surface area contributed by atoms with Gasteiger partial charge in [0.2, 0.25) is 17.7 Å². The average molecular weight is 850 g/mol. The Kier molecular flexibility index (Phi) is 16.5. The summed E-state index contributed by atoms with van der Waals surface area (Å²) in [6.45, 7) is 0.352. The first-order valence-electron chi connectivity index (χ1n) is 17.6. The summed E-state index contributed by atoms with van der Waals surface area (Å²) in [6.07, 6.45) is 0.219. The van der Waals surface area contributed by atoms with E-state index in [1.807, 2.05) is 6.07 Å². The molecule has 0 fully saturated rings. The van der Waals surface area contributed by atoms with Gasteiger partial charge in [0.15, 0.2) is 6.10 Å². The van der Waals surface area contributed by atoms with Crippen molar-refractivity contribution in [1.29, 1.82) is 10.5 Å². The summed E-state index contributed by atoms with van der Waals surface area (Å²) in [5.41, 5.74) is 19.2. The molecule has 0 aliphatic rings. The van der Waals surface area contributed by atoms with Crippen LogP contribution in [0.3, 0.4) is 0 Å². The van der Waals surface area contributed by atoms with Gasteiger partial charge in [-0.15, -0.1) is 0 Å². The molecule has 19 nitrogen and oxygen atoms in total. The van der Waals surface area contributed by atoms with E-state index in [1.165, 1.54) is 44.0 Å². The molecule has 21 heteroatoms. The number of ether oxygens (including phenoxy) is 3. The Hall–Kier alpha value is -6.26. The topological polar surface area (TPSA) is 325 Å². The molecule has 10 N–H and O–H groups in total. The molecule has 4 rings (SSSR count). The maximum absolute atomic E-state index is 12.9. The van der Waals surface area contributed by atoms with Crippen LogP contribution >= 0.6 is 23.4 Å². The molecule has 2 heterocycles. The number of hydrogen-bond donors (Lipinski definition) is 7. The van der Waals surface area contributed by atoms with E-state index in [2.05, 4.69) is 26.7 Å². The minimum absolute atomic E-state index is 0.0234. The highest BCUT2D eigenvalue weighted by Gasteiger charge is 2.27. The number of amides is 2. The van der Waals surface area contributed by atoms with Crippen molar-refractivity contribution in [3.05, 3.63) is 76.6 Å². The number of nitriles is 2. The van der Waals surface area contributed by atoms with Crippen LogP contribution in [0.25, 0.3) is 22.6 Å². The van der Waals surface area contributed by atoms with Gasteiger partial charge in [0.25, 0.3) is 0 Å². The maximum atomic E-state index is 12.9. The predicted octanol–water partition coefficient (Wildman–Crippen LogP) is 1.16. The lowest BCUT2D eigenvalue weighted by molar-refractivity contribution is -0.163. The Labute approximate surface area is 346 Å². The normalized spacial score (nSPS) is 13.4. The van der Waals surface area contributed by atoms with Gasteiger partial charge in [0.05, 0.1) is 24.5 Å². The van der Waals surface area contributed by atoms with Crippen LogP contribution in [0.1, 0.15) is 30.7 Å². The monoisotopic (exact) mass is 849 g/mol. The molecule has 2 aromatic heterocycles. The summed E-state index contributed by atoms with van der Waals surface area (Å²) in [5.74, 6) is -2.75. The van der Waals surface area contributed by atoms with E-state index in [0.29, 0.717) is 22.2 Å². The molecule has 310 valence electrons. The summed E-state index contributed by atoms with van der Waals surface area (Å²) in [4.78, 5) is 58.5. The van der Waals surface area contributed by atoms with Crippen LogP contribution in [-0.2, 0) is 34.4 Å². The van der Waals surface area contributed by atoms with E-state index >= 15 is 0 Å². The Bertz CT molecular complexity index is 2210. The predicted molar refractivity (Wildman–Crippen MR) is 212 cm³/mol. The first-order valence-corrected chi connectivity index (χ1v) is 19.0. The van der Waals surface area contributed by atoms with Crippen LogP contribution in [0.2, 0.25) is 5.02 Å². The van der Waals surface area contributed by atoms with Gasteiger partial charge in [-0.1, -0.05) is 35.5 Å². The Morgan fingerprint density at radius 3 is 2.02 bits per heavy atom. The lowest BCUT2D eigenvalue weighted by atomic mass is 9.97. The third-order valence-electron chi connectivity index (χ3n) is 8.18. The Morgan fingerprint density at radius 2 is 1.44 bits per heavy atom. The van der Waals surface area contributed by atoms with Crippen LogP contribution in [0.5, 0.6) is 5.75 Å². The molecule has 0 saturated heterocycles. The maximum Gasteiger partial charge on any atom is 0.328 e. The standard InChI is InChI=1S/C38H40ClN9O10S/c1-19(45-33(51)29(42)13-49)37(53)57-17-26(58-38(54)20(2)46-34(52)30(43)14-50)16-55-25-9-5-21(6-10-25)31-27(11-40)32(44)48-36(28(31)12-41)59-18-24-15-56-35(47-24)22-3-7-23(39)8-4-22/h3-10,15,19-20,26,29-30,49-50H,13-14,16-18,42-43H2,1-2H3,(H2,44,48)(H,45,51)(H,46,52)/t19?,20?,26-,29-,30-/m0/s1. The number of aliphatic hydroxyl groups is 2. The molecule has 2 amide bonds. The summed E-state index contributed by atoms with van der Waals surface area (Å²) >= 11 is 7.15. The number of esters is 2. The number of carbonyl (C=O) groups excluding carboxylic acids is 4. The smallest absolute Gasteiger partial charge is 0.328 e. The van der Waals surface area contributed by atoms with E-state index < -0.39 is 73.8 Å². The van der Waals surface area contributed by atoms with Crippen molar-refractivity contribution in [3.8, 4) is 40.5 Å². The van der Waals surface area contributed by atoms with E-state index in [0.717, 1.165) is 5.56 Å². The number of aliphatic hydroxyl groups excluding tert-OH is 2. The van der Waals surface area contributed by atoms with Gasteiger partial charge < -0.3 is 56.7 Å².